The van der Waals surface area contributed by atoms with Crippen LogP contribution in [0, 0.1) is 0 Å². The van der Waals surface area contributed by atoms with E-state index in [1.54, 1.807) is 12.1 Å². The Hall–Kier alpha value is -1.85. The van der Waals surface area contributed by atoms with Crippen molar-refractivity contribution in [3.05, 3.63) is 67.8 Å². The average Bonchev–Trinajstić information content (AvgIpc) is 2.65. The van der Waals surface area contributed by atoms with Gasteiger partial charge in [0.15, 0.2) is 5.78 Å². The molecule has 11 heteroatoms. The molecule has 3 rings (SSSR count). The van der Waals surface area contributed by atoms with Crippen LogP contribution in [0.4, 0.5) is 19.4 Å². The van der Waals surface area contributed by atoms with E-state index in [1.807, 2.05) is 6.92 Å². The van der Waals surface area contributed by atoms with Gasteiger partial charge in [-0.25, -0.2) is 0 Å². The van der Waals surface area contributed by atoms with Crippen LogP contribution in [0.3, 0.4) is 0 Å². The maximum atomic E-state index is 13.1. The van der Waals surface area contributed by atoms with E-state index in [0.29, 0.717) is 33.9 Å². The molecule has 0 aliphatic heterocycles. The summed E-state index contributed by atoms with van der Waals surface area (Å²) in [5.74, 6) is -0.664. The van der Waals surface area contributed by atoms with E-state index in [-0.39, 0.29) is 21.9 Å². The van der Waals surface area contributed by atoms with Crippen LogP contribution in [0.1, 0.15) is 35.3 Å². The zero-order chi connectivity index (χ0) is 23.3. The van der Waals surface area contributed by atoms with E-state index in [2.05, 4.69) is 20.9 Å². The fourth-order valence-electron chi connectivity index (χ4n) is 3.16. The number of halogens is 6. The molecule has 1 N–H and O–H groups in total. The molecular weight excluding hydrogens is 525 g/mol. The Kier molecular flexibility index (Phi) is 5.64. The minimum Gasteiger partial charge on any atom is -0.348 e. The third-order valence-electron chi connectivity index (χ3n) is 4.62. The Labute approximate surface area is 187 Å². The molecule has 0 fully saturated rings. The minimum absolute atomic E-state index is 0.0208. The Morgan fingerprint density at radius 2 is 1.81 bits per heavy atom. The van der Waals surface area contributed by atoms with Gasteiger partial charge in [-0.05, 0) is 58.6 Å². The molecule has 0 radical (unpaired) electrons. The predicted octanol–water partition coefficient (Wildman–Crippen LogP) is 8.01. The number of carbonyl (C=O) groups excluding carboxylic acids is 1. The minimum atomic E-state index is -9.81. The van der Waals surface area contributed by atoms with Crippen molar-refractivity contribution in [2.24, 2.45) is 0 Å². The molecular formula is C20H17BrF5NO2S2. The van der Waals surface area contributed by atoms with Crippen LogP contribution < -0.4 is 5.43 Å². The van der Waals surface area contributed by atoms with Crippen molar-refractivity contribution >= 4 is 54.6 Å². The number of fused-ring (bicyclic) bond motifs is 1. The van der Waals surface area contributed by atoms with E-state index in [1.165, 1.54) is 13.0 Å². The number of ketones is 1. The van der Waals surface area contributed by atoms with E-state index >= 15 is 0 Å². The summed E-state index contributed by atoms with van der Waals surface area (Å²) in [5.41, 5.74) is 0.573. The van der Waals surface area contributed by atoms with Gasteiger partial charge in [0, 0.05) is 10.2 Å². The molecule has 0 aliphatic rings. The summed E-state index contributed by atoms with van der Waals surface area (Å²) in [4.78, 5) is 26.3. The lowest BCUT2D eigenvalue weighted by Crippen LogP contribution is -2.18. The van der Waals surface area contributed by atoms with E-state index in [9.17, 15) is 29.0 Å². The van der Waals surface area contributed by atoms with Crippen molar-refractivity contribution in [2.45, 2.75) is 35.9 Å². The summed E-state index contributed by atoms with van der Waals surface area (Å²) in [6.45, 7) is 3.09. The highest BCUT2D eigenvalue weighted by molar-refractivity contribution is 9.10. The van der Waals surface area contributed by atoms with Gasteiger partial charge in [-0.2, -0.15) is 0 Å². The summed E-state index contributed by atoms with van der Waals surface area (Å²) in [5, 5.41) is 0.519. The first kappa shape index (κ1) is 23.8. The second-order valence-electron chi connectivity index (χ2n) is 6.93. The number of aromatic amines is 1. The van der Waals surface area contributed by atoms with Crippen LogP contribution in [0.2, 0.25) is 0 Å². The van der Waals surface area contributed by atoms with Gasteiger partial charge in [0.25, 0.3) is 0 Å². The Morgan fingerprint density at radius 1 is 1.13 bits per heavy atom. The summed E-state index contributed by atoms with van der Waals surface area (Å²) in [6, 6.07) is 6.42. The molecule has 0 atom stereocenters. The second kappa shape index (κ2) is 7.35. The molecule has 1 aromatic heterocycles. The van der Waals surface area contributed by atoms with Gasteiger partial charge in [0.05, 0.1) is 21.5 Å². The highest BCUT2D eigenvalue weighted by atomic mass is 79.9. The number of aryl methyl sites for hydroxylation is 1. The number of hydrogen-bond donors (Lipinski definition) is 1. The summed E-state index contributed by atoms with van der Waals surface area (Å²) >= 11 is 4.26. The van der Waals surface area contributed by atoms with Gasteiger partial charge in [-0.15, -0.1) is 11.8 Å². The standard InChI is InChI=1S/C20H17BrF5NO2S2/c1-3-13-7-8-15(21)18-17(13)19(29)16(11(2)28)20(27-18)30-10-12-5-4-6-14(9-12)31(22,23,24,25)26/h4-9H,3,10H2,1-2H3,(H,27,29). The number of hydrogen-bond acceptors (Lipinski definition) is 3. The Bertz CT molecular complexity index is 1270. The third-order valence-corrected chi connectivity index (χ3v) is 7.50. The smallest absolute Gasteiger partial charge is 0.310 e. The quantitative estimate of drug-likeness (QED) is 0.195. The number of aromatic nitrogens is 1. The zero-order valence-electron chi connectivity index (χ0n) is 16.3. The number of carbonyl (C=O) groups is 1. The van der Waals surface area contributed by atoms with Crippen LogP contribution in [-0.2, 0) is 12.2 Å². The normalized spacial score (nSPS) is 14.3. The number of benzene rings is 2. The topological polar surface area (TPSA) is 49.9 Å². The van der Waals surface area contributed by atoms with Crippen molar-refractivity contribution in [3.8, 4) is 0 Å². The van der Waals surface area contributed by atoms with Gasteiger partial charge >= 0.3 is 10.2 Å². The maximum absolute atomic E-state index is 13.1. The van der Waals surface area contributed by atoms with Gasteiger partial charge in [0.2, 0.25) is 5.43 Å². The lowest BCUT2D eigenvalue weighted by molar-refractivity contribution is 0.101. The van der Waals surface area contributed by atoms with Crippen molar-refractivity contribution in [1.82, 2.24) is 4.98 Å². The molecule has 3 nitrogen and oxygen atoms in total. The molecule has 168 valence electrons. The number of H-pyrrole nitrogens is 1. The molecule has 1 heterocycles. The Balaban J connectivity index is 2.09. The predicted molar refractivity (Wildman–Crippen MR) is 119 cm³/mol. The first-order chi connectivity index (χ1) is 14.1. The molecule has 31 heavy (non-hydrogen) atoms. The van der Waals surface area contributed by atoms with Crippen molar-refractivity contribution < 1.29 is 24.2 Å². The molecule has 2 aromatic carbocycles. The number of rotatable bonds is 6. The van der Waals surface area contributed by atoms with Crippen LogP contribution in [0.25, 0.3) is 10.9 Å². The van der Waals surface area contributed by atoms with E-state index < -0.39 is 26.3 Å². The molecule has 0 spiro atoms. The average molecular weight is 542 g/mol. The number of thioether (sulfide) groups is 1. The van der Waals surface area contributed by atoms with Crippen LogP contribution in [0.5, 0.6) is 0 Å². The molecule has 0 aliphatic carbocycles. The summed E-state index contributed by atoms with van der Waals surface area (Å²) in [7, 11) is -9.81. The third kappa shape index (κ3) is 4.98. The van der Waals surface area contributed by atoms with Gasteiger partial charge in [0.1, 0.15) is 4.90 Å². The lowest BCUT2D eigenvalue weighted by Gasteiger charge is -2.40. The fourth-order valence-corrected chi connectivity index (χ4v) is 5.34. The lowest BCUT2D eigenvalue weighted by atomic mass is 10.0. The molecule has 0 saturated heterocycles. The van der Waals surface area contributed by atoms with Crippen LogP contribution in [0.15, 0.2) is 55.6 Å². The second-order valence-corrected chi connectivity index (χ2v) is 11.2. The largest absolute Gasteiger partial charge is 0.348 e. The molecule has 0 saturated carbocycles. The van der Waals surface area contributed by atoms with Crippen LogP contribution >= 0.6 is 37.9 Å². The fraction of sp³-hybridized carbons (Fsp3) is 0.200. The first-order valence-electron chi connectivity index (χ1n) is 8.96. The molecule has 3 aromatic rings. The van der Waals surface area contributed by atoms with Crippen LogP contribution in [-0.4, -0.2) is 10.8 Å². The summed E-state index contributed by atoms with van der Waals surface area (Å²) in [6.07, 6.45) is 0.553. The zero-order valence-corrected chi connectivity index (χ0v) is 19.5. The number of nitrogens with one attached hydrogen (secondary N) is 1. The van der Waals surface area contributed by atoms with Gasteiger partial charge in [-0.3, -0.25) is 9.59 Å². The molecule has 0 amide bonds. The number of pyridine rings is 1. The van der Waals surface area contributed by atoms with E-state index in [0.717, 1.165) is 23.4 Å². The first-order valence-corrected chi connectivity index (χ1v) is 12.7. The van der Waals surface area contributed by atoms with Crippen molar-refractivity contribution in [1.29, 1.82) is 0 Å². The van der Waals surface area contributed by atoms with Gasteiger partial charge < -0.3 is 4.98 Å². The highest BCUT2D eigenvalue weighted by Crippen LogP contribution is 3.02. The molecule has 0 bridgehead atoms. The number of Topliss-reactive ketones (excluding diaryl/α,β-unsaturated/α-hetero) is 1. The highest BCUT2D eigenvalue weighted by Gasteiger charge is 2.65. The summed E-state index contributed by atoms with van der Waals surface area (Å²) < 4.78 is 66.1. The Morgan fingerprint density at radius 3 is 2.39 bits per heavy atom. The monoisotopic (exact) mass is 541 g/mol. The van der Waals surface area contributed by atoms with E-state index in [4.69, 9.17) is 0 Å². The molecule has 0 unspecified atom stereocenters. The maximum Gasteiger partial charge on any atom is 0.310 e. The van der Waals surface area contributed by atoms with Gasteiger partial charge in [-0.1, -0.05) is 44.6 Å². The van der Waals surface area contributed by atoms with Crippen molar-refractivity contribution in [2.75, 3.05) is 0 Å². The van der Waals surface area contributed by atoms with Crippen molar-refractivity contribution in [3.63, 3.8) is 0 Å². The SMILES string of the molecule is CCc1ccc(Br)c2[nH]c(SCc3cccc(S(F)(F)(F)(F)F)c3)c(C(C)=O)c(=O)c12.